The van der Waals surface area contributed by atoms with E-state index in [1.165, 1.54) is 21.0 Å². The molecule has 2 bridgehead atoms. The highest BCUT2D eigenvalue weighted by Crippen LogP contribution is 2.64. The van der Waals surface area contributed by atoms with Crippen LogP contribution in [0.5, 0.6) is 0 Å². The van der Waals surface area contributed by atoms with Gasteiger partial charge in [-0.15, -0.1) is 0 Å². The summed E-state index contributed by atoms with van der Waals surface area (Å²) in [6, 6.07) is 8.13. The Morgan fingerprint density at radius 3 is 2.31 bits per heavy atom. The van der Waals surface area contributed by atoms with Gasteiger partial charge in [0, 0.05) is 38.0 Å². The number of Topliss-reactive ketones (excluding diaryl/α,β-unsaturated/α-hetero) is 2. The molecule has 1 aromatic rings. The van der Waals surface area contributed by atoms with E-state index in [0.29, 0.717) is 5.75 Å². The van der Waals surface area contributed by atoms with Crippen molar-refractivity contribution in [2.75, 3.05) is 19.5 Å². The zero-order valence-electron chi connectivity index (χ0n) is 26.5. The van der Waals surface area contributed by atoms with Gasteiger partial charge in [0.05, 0.1) is 29.6 Å². The number of fused-ring (bicyclic) bond motifs is 5. The first-order valence-electron chi connectivity index (χ1n) is 15.0. The minimum atomic E-state index is -2.17. The molecule has 2 saturated carbocycles. The first-order chi connectivity index (χ1) is 21.1. The van der Waals surface area contributed by atoms with Crippen molar-refractivity contribution < 1.29 is 52.8 Å². The molecule has 1 heterocycles. The van der Waals surface area contributed by atoms with Crippen molar-refractivity contribution in [2.24, 2.45) is 16.7 Å². The third kappa shape index (κ3) is 4.87. The molecule has 45 heavy (non-hydrogen) atoms. The van der Waals surface area contributed by atoms with E-state index in [-0.39, 0.29) is 29.7 Å². The molecule has 12 heteroatoms. The van der Waals surface area contributed by atoms with Crippen molar-refractivity contribution >= 4 is 40.6 Å². The van der Waals surface area contributed by atoms with Gasteiger partial charge in [-0.1, -0.05) is 39.0 Å². The maximum absolute atomic E-state index is 15.2. The molecular formula is C33H40O11S. The highest BCUT2D eigenvalue weighted by atomic mass is 32.2. The van der Waals surface area contributed by atoms with Crippen LogP contribution in [-0.4, -0.2) is 89.0 Å². The second-order valence-corrected chi connectivity index (χ2v) is 14.2. The summed E-state index contributed by atoms with van der Waals surface area (Å²) < 4.78 is 30.1. The van der Waals surface area contributed by atoms with Crippen LogP contribution >= 0.6 is 11.8 Å². The molecule has 0 radical (unpaired) electrons. The number of carbonyl (C=O) groups excluding carboxylic acids is 5. The van der Waals surface area contributed by atoms with Crippen LogP contribution in [0.25, 0.3) is 0 Å². The van der Waals surface area contributed by atoms with E-state index in [1.807, 2.05) is 0 Å². The van der Waals surface area contributed by atoms with Crippen LogP contribution in [0.4, 0.5) is 4.79 Å². The van der Waals surface area contributed by atoms with Crippen LogP contribution in [0.3, 0.4) is 0 Å². The lowest BCUT2D eigenvalue weighted by Gasteiger charge is -2.67. The Kier molecular flexibility index (Phi) is 8.61. The molecule has 8 atom stereocenters. The molecule has 1 aliphatic heterocycles. The van der Waals surface area contributed by atoms with Crippen molar-refractivity contribution in [3.63, 3.8) is 0 Å². The fourth-order valence-electron chi connectivity index (χ4n) is 8.12. The van der Waals surface area contributed by atoms with E-state index in [4.69, 9.17) is 23.7 Å². The number of thioether (sulfide) groups is 1. The van der Waals surface area contributed by atoms with Crippen molar-refractivity contribution in [2.45, 2.75) is 90.0 Å². The molecule has 5 rings (SSSR count). The molecule has 3 fully saturated rings. The number of esters is 2. The summed E-state index contributed by atoms with van der Waals surface area (Å²) in [5, 5.41) is 12.3. The van der Waals surface area contributed by atoms with Gasteiger partial charge in [-0.05, 0) is 48.9 Å². The van der Waals surface area contributed by atoms with E-state index in [2.05, 4.69) is 0 Å². The van der Waals surface area contributed by atoms with E-state index in [9.17, 15) is 24.3 Å². The largest absolute Gasteiger partial charge is 0.455 e. The molecule has 0 unspecified atom stereocenters. The Bertz CT molecular complexity index is 1450. The summed E-state index contributed by atoms with van der Waals surface area (Å²) in [4.78, 5) is 68.6. The summed E-state index contributed by atoms with van der Waals surface area (Å²) in [6.45, 7) is 9.22. The van der Waals surface area contributed by atoms with Gasteiger partial charge in [-0.25, -0.2) is 9.59 Å². The number of hydrogen-bond acceptors (Lipinski definition) is 12. The smallest absolute Gasteiger partial charge is 0.368 e. The lowest BCUT2D eigenvalue weighted by molar-refractivity contribution is -0.345. The zero-order chi connectivity index (χ0) is 33.1. The molecule has 244 valence electrons. The van der Waals surface area contributed by atoms with Crippen LogP contribution in [0.15, 0.2) is 41.5 Å². The van der Waals surface area contributed by atoms with E-state index in [1.54, 1.807) is 58.0 Å². The zero-order valence-corrected chi connectivity index (χ0v) is 27.4. The van der Waals surface area contributed by atoms with Gasteiger partial charge in [0.15, 0.2) is 23.3 Å². The quantitative estimate of drug-likeness (QED) is 0.354. The number of allylic oxidation sites excluding steroid dienone is 1. The predicted octanol–water partition coefficient (Wildman–Crippen LogP) is 3.84. The third-order valence-electron chi connectivity index (χ3n) is 10.5. The molecule has 0 aromatic heterocycles. The summed E-state index contributed by atoms with van der Waals surface area (Å²) in [6.07, 6.45) is -5.24. The standard InChI is InChI=1S/C33H40O11S/c1-8-45-29(38)42-24-23-17(2)20(35)15-33(39,30(23,4)5)27(43-28(37)19-12-10-9-11-13-19)25-31(6,26(24)36)21(40-7)14-22-32(25,16-41-22)44-18(3)34/h9-13,21-22,24-25,27,39H,8,14-16H2,1-7H3/t21-,22+,24+,25-,27-,31+,32-,33+/m0/s1. The van der Waals surface area contributed by atoms with Gasteiger partial charge < -0.3 is 28.8 Å². The molecule has 1 N–H and O–H groups in total. The number of ether oxygens (including phenoxy) is 5. The third-order valence-corrected chi connectivity index (χ3v) is 11.1. The Balaban J connectivity index is 1.84. The number of ketones is 2. The highest BCUT2D eigenvalue weighted by molar-refractivity contribution is 8.13. The van der Waals surface area contributed by atoms with Gasteiger partial charge in [0.1, 0.15) is 17.8 Å². The van der Waals surface area contributed by atoms with E-state index in [0.717, 1.165) is 11.8 Å². The first kappa shape index (κ1) is 33.3. The summed E-state index contributed by atoms with van der Waals surface area (Å²) >= 11 is 0.859. The van der Waals surface area contributed by atoms with Crippen molar-refractivity contribution in [3.8, 4) is 0 Å². The summed E-state index contributed by atoms with van der Waals surface area (Å²) in [7, 11) is 1.42. The van der Waals surface area contributed by atoms with Gasteiger partial charge in [0.2, 0.25) is 0 Å². The van der Waals surface area contributed by atoms with Crippen molar-refractivity contribution in [3.05, 3.63) is 47.0 Å². The lowest BCUT2D eigenvalue weighted by atomic mass is 9.44. The average Bonchev–Trinajstić information content (AvgIpc) is 2.97. The minimum absolute atomic E-state index is 0.116. The number of carbonyl (C=O) groups is 5. The predicted molar refractivity (Wildman–Crippen MR) is 161 cm³/mol. The van der Waals surface area contributed by atoms with E-state index < -0.39 is 87.6 Å². The number of aliphatic hydroxyl groups is 1. The molecule has 0 amide bonds. The lowest BCUT2D eigenvalue weighted by Crippen LogP contribution is -2.82. The molecule has 11 nitrogen and oxygen atoms in total. The monoisotopic (exact) mass is 644 g/mol. The summed E-state index contributed by atoms with van der Waals surface area (Å²) in [5.41, 5.74) is -6.40. The second-order valence-electron chi connectivity index (χ2n) is 13.0. The number of benzene rings is 1. The van der Waals surface area contributed by atoms with Gasteiger partial charge in [-0.2, -0.15) is 0 Å². The van der Waals surface area contributed by atoms with Crippen LogP contribution < -0.4 is 0 Å². The fourth-order valence-corrected chi connectivity index (χ4v) is 8.52. The number of rotatable bonds is 6. The first-order valence-corrected chi connectivity index (χ1v) is 16.0. The molecule has 4 aliphatic rings. The van der Waals surface area contributed by atoms with Crippen LogP contribution in [0.1, 0.15) is 64.7 Å². The highest BCUT2D eigenvalue weighted by Gasteiger charge is 2.78. The van der Waals surface area contributed by atoms with Crippen LogP contribution in [0, 0.1) is 16.7 Å². The Hall–Kier alpha value is -3.06. The Morgan fingerprint density at radius 1 is 1.09 bits per heavy atom. The molecule has 1 saturated heterocycles. The topological polar surface area (TPSA) is 152 Å². The molecule has 1 aromatic carbocycles. The van der Waals surface area contributed by atoms with Gasteiger partial charge >= 0.3 is 17.2 Å². The maximum Gasteiger partial charge on any atom is 0.368 e. The molecule has 0 spiro atoms. The van der Waals surface area contributed by atoms with Gasteiger partial charge in [-0.3, -0.25) is 14.4 Å². The minimum Gasteiger partial charge on any atom is -0.455 e. The fraction of sp³-hybridized carbons (Fsp3) is 0.606. The Labute approximate surface area is 266 Å². The molecule has 3 aliphatic carbocycles. The normalized spacial score (nSPS) is 36.8. The average molecular weight is 645 g/mol. The maximum atomic E-state index is 15.2. The van der Waals surface area contributed by atoms with Crippen LogP contribution in [-0.2, 0) is 38.1 Å². The summed E-state index contributed by atoms with van der Waals surface area (Å²) in [5.74, 6) is -3.53. The Morgan fingerprint density at radius 2 is 1.76 bits per heavy atom. The van der Waals surface area contributed by atoms with Crippen molar-refractivity contribution in [1.82, 2.24) is 0 Å². The SMILES string of the molecule is CCSC(=O)O[C@H]1C(=O)[C@]2(C)[C@@H](OC)C[C@H]3OC[C@@]3(OC(C)=O)[C@H]2[C@H](OC(=O)c2ccccc2)[C@]2(O)CC(=O)C(C)=C1C2(C)C. The van der Waals surface area contributed by atoms with Gasteiger partial charge in [0.25, 0.3) is 0 Å². The number of methoxy groups -OCH3 is 1. The number of hydrogen-bond donors (Lipinski definition) is 1. The molecular weight excluding hydrogens is 604 g/mol. The van der Waals surface area contributed by atoms with E-state index >= 15 is 4.79 Å². The second kappa shape index (κ2) is 11.6. The van der Waals surface area contributed by atoms with Crippen LogP contribution in [0.2, 0.25) is 0 Å². The van der Waals surface area contributed by atoms with Crippen molar-refractivity contribution in [1.29, 1.82) is 0 Å².